The van der Waals surface area contributed by atoms with Gasteiger partial charge in [-0.2, -0.15) is 0 Å². The molecule has 0 atom stereocenters. The van der Waals surface area contributed by atoms with E-state index in [1.54, 1.807) is 0 Å². The summed E-state index contributed by atoms with van der Waals surface area (Å²) in [5, 5.41) is 2.14. The molecule has 0 unspecified atom stereocenters. The van der Waals surface area contributed by atoms with Gasteiger partial charge in [0.2, 0.25) is 0 Å². The van der Waals surface area contributed by atoms with Crippen LogP contribution in [-0.2, 0) is 0 Å². The number of aromatic nitrogens is 1. The zero-order chi connectivity index (χ0) is 13.9. The van der Waals surface area contributed by atoms with Gasteiger partial charge in [-0.15, -0.1) is 0 Å². The third-order valence-corrected chi connectivity index (χ3v) is 3.51. The van der Waals surface area contributed by atoms with E-state index in [4.69, 9.17) is 0 Å². The molecule has 1 aromatic carbocycles. The lowest BCUT2D eigenvalue weighted by atomic mass is 10.2. The van der Waals surface area contributed by atoms with Gasteiger partial charge in [-0.1, -0.05) is 55.7 Å². The summed E-state index contributed by atoms with van der Waals surface area (Å²) in [6.07, 6.45) is 13.5. The predicted octanol–water partition coefficient (Wildman–Crippen LogP) is 3.28. The van der Waals surface area contributed by atoms with Crippen molar-refractivity contribution in [2.24, 2.45) is 0 Å². The average Bonchev–Trinajstić information content (AvgIpc) is 2.65. The number of benzene rings is 1. The van der Waals surface area contributed by atoms with E-state index in [9.17, 15) is 0 Å². The van der Waals surface area contributed by atoms with Crippen LogP contribution in [-0.4, -0.2) is 4.57 Å². The number of fused-ring (bicyclic) bond motifs is 1. The molecule has 0 spiro atoms. The predicted molar refractivity (Wildman–Crippen MR) is 87.9 cm³/mol. The van der Waals surface area contributed by atoms with Gasteiger partial charge in [-0.05, 0) is 30.7 Å². The summed E-state index contributed by atoms with van der Waals surface area (Å²) < 4.78 is 2.24. The van der Waals surface area contributed by atoms with Crippen LogP contribution in [0.3, 0.4) is 0 Å². The topological polar surface area (TPSA) is 4.93 Å². The molecule has 1 aliphatic rings. The summed E-state index contributed by atoms with van der Waals surface area (Å²) in [4.78, 5) is 0. The lowest BCUT2D eigenvalue weighted by Crippen LogP contribution is -2.27. The van der Waals surface area contributed by atoms with Crippen LogP contribution in [0, 0.1) is 0 Å². The van der Waals surface area contributed by atoms with E-state index in [2.05, 4.69) is 66.3 Å². The van der Waals surface area contributed by atoms with Crippen molar-refractivity contribution >= 4 is 24.8 Å². The molecule has 0 amide bonds. The van der Waals surface area contributed by atoms with Crippen molar-refractivity contribution in [1.29, 1.82) is 0 Å². The van der Waals surface area contributed by atoms with Crippen LogP contribution < -0.4 is 10.6 Å². The van der Waals surface area contributed by atoms with E-state index in [0.29, 0.717) is 0 Å². The smallest absolute Gasteiger partial charge is 0.0537 e. The molecule has 20 heavy (non-hydrogen) atoms. The normalized spacial score (nSPS) is 14.1. The first-order chi connectivity index (χ1) is 9.83. The molecule has 98 valence electrons. The molecule has 1 aliphatic carbocycles. The molecule has 0 saturated carbocycles. The van der Waals surface area contributed by atoms with Gasteiger partial charge in [0, 0.05) is 16.5 Å². The van der Waals surface area contributed by atoms with Crippen LogP contribution in [0.2, 0.25) is 0 Å². The van der Waals surface area contributed by atoms with Gasteiger partial charge in [0.15, 0.2) is 0 Å². The zero-order valence-electron chi connectivity index (χ0n) is 11.4. The first-order valence-corrected chi connectivity index (χ1v) is 6.78. The van der Waals surface area contributed by atoms with Crippen LogP contribution in [0.4, 0.5) is 0 Å². The van der Waals surface area contributed by atoms with E-state index in [0.717, 1.165) is 22.7 Å². The summed E-state index contributed by atoms with van der Waals surface area (Å²) in [6, 6.07) is 10.4. The lowest BCUT2D eigenvalue weighted by Gasteiger charge is -2.07. The molecule has 0 radical (unpaired) electrons. The van der Waals surface area contributed by atoms with Gasteiger partial charge in [-0.25, -0.2) is 0 Å². The molecule has 1 heterocycles. The number of rotatable bonds is 2. The van der Waals surface area contributed by atoms with Crippen LogP contribution in [0.15, 0.2) is 55.1 Å². The largest absolute Gasteiger partial charge is 0.309 e. The monoisotopic (exact) mass is 259 g/mol. The fourth-order valence-corrected chi connectivity index (χ4v) is 2.61. The SMILES string of the molecule is C=C/C=c1\c(=C)c2c(n1-c1ccccc1)C=CCC=C2. The number of para-hydroxylation sites is 1. The number of hydrogen-bond donors (Lipinski definition) is 0. The van der Waals surface area contributed by atoms with E-state index in [-0.39, 0.29) is 0 Å². The highest BCUT2D eigenvalue weighted by Gasteiger charge is 2.11. The Morgan fingerprint density at radius 2 is 1.80 bits per heavy atom. The van der Waals surface area contributed by atoms with Crippen molar-refractivity contribution in [1.82, 2.24) is 4.57 Å². The maximum atomic E-state index is 4.26. The second-order valence-corrected chi connectivity index (χ2v) is 4.78. The molecular weight excluding hydrogens is 242 g/mol. The fraction of sp³-hybridized carbons (Fsp3) is 0.0526. The molecule has 0 N–H and O–H groups in total. The minimum absolute atomic E-state index is 0.962. The standard InChI is InChI=1S/C19H17N/c1-3-10-18-15(2)17-13-8-5-9-14-19(17)20(18)16-11-6-4-7-12-16/h3-4,6-14H,1-2,5H2/b18-10+. The quantitative estimate of drug-likeness (QED) is 0.780. The average molecular weight is 259 g/mol. The third-order valence-electron chi connectivity index (χ3n) is 3.51. The fourth-order valence-electron chi connectivity index (χ4n) is 2.61. The summed E-state index contributed by atoms with van der Waals surface area (Å²) >= 11 is 0. The van der Waals surface area contributed by atoms with Gasteiger partial charge in [0.25, 0.3) is 0 Å². The zero-order valence-corrected chi connectivity index (χ0v) is 11.4. The van der Waals surface area contributed by atoms with Crippen LogP contribution >= 0.6 is 0 Å². The molecule has 0 fully saturated rings. The third kappa shape index (κ3) is 1.97. The second-order valence-electron chi connectivity index (χ2n) is 4.78. The molecule has 0 saturated heterocycles. The van der Waals surface area contributed by atoms with E-state index < -0.39 is 0 Å². The minimum Gasteiger partial charge on any atom is -0.309 e. The summed E-state index contributed by atoms with van der Waals surface area (Å²) in [6.45, 7) is 8.08. The van der Waals surface area contributed by atoms with E-state index in [1.807, 2.05) is 18.2 Å². The molecule has 3 rings (SSSR count). The Morgan fingerprint density at radius 3 is 2.55 bits per heavy atom. The van der Waals surface area contributed by atoms with E-state index in [1.165, 1.54) is 11.3 Å². The van der Waals surface area contributed by atoms with Gasteiger partial charge in [-0.3, -0.25) is 0 Å². The van der Waals surface area contributed by atoms with Crippen molar-refractivity contribution in [3.63, 3.8) is 0 Å². The summed E-state index contributed by atoms with van der Waals surface area (Å²) in [5.41, 5.74) is 3.52. The van der Waals surface area contributed by atoms with E-state index >= 15 is 0 Å². The highest BCUT2D eigenvalue weighted by atomic mass is 15.0. The second kappa shape index (κ2) is 5.22. The Hall–Kier alpha value is -2.54. The van der Waals surface area contributed by atoms with Crippen molar-refractivity contribution < 1.29 is 0 Å². The highest BCUT2D eigenvalue weighted by molar-refractivity contribution is 5.69. The first kappa shape index (κ1) is 12.5. The maximum Gasteiger partial charge on any atom is 0.0537 e. The first-order valence-electron chi connectivity index (χ1n) is 6.78. The van der Waals surface area contributed by atoms with Gasteiger partial charge in [0.1, 0.15) is 0 Å². The van der Waals surface area contributed by atoms with Crippen LogP contribution in [0.5, 0.6) is 0 Å². The highest BCUT2D eigenvalue weighted by Crippen LogP contribution is 2.17. The number of nitrogens with zero attached hydrogens (tertiary/aromatic N) is 1. The Balaban J connectivity index is 2.44. The maximum absolute atomic E-state index is 4.26. The molecule has 2 aromatic rings. The number of hydrogen-bond acceptors (Lipinski definition) is 0. The molecule has 1 aromatic heterocycles. The lowest BCUT2D eigenvalue weighted by molar-refractivity contribution is 1.01. The molecule has 0 aliphatic heterocycles. The van der Waals surface area contributed by atoms with Gasteiger partial charge >= 0.3 is 0 Å². The molecule has 1 heteroatoms. The molecule has 1 nitrogen and oxygen atoms in total. The van der Waals surface area contributed by atoms with Crippen LogP contribution in [0.1, 0.15) is 17.7 Å². The van der Waals surface area contributed by atoms with Crippen molar-refractivity contribution in [3.05, 3.63) is 77.0 Å². The van der Waals surface area contributed by atoms with Gasteiger partial charge in [0.05, 0.1) is 11.0 Å². The Bertz CT molecular complexity index is 802. The van der Waals surface area contributed by atoms with Gasteiger partial charge < -0.3 is 4.57 Å². The molecular formula is C19H17N. The Morgan fingerprint density at radius 1 is 1.05 bits per heavy atom. The Labute approximate surface area is 119 Å². The number of allylic oxidation sites excluding steroid dienone is 3. The van der Waals surface area contributed by atoms with Crippen molar-refractivity contribution in [3.8, 4) is 5.69 Å². The molecule has 0 bridgehead atoms. The minimum atomic E-state index is 0.962. The van der Waals surface area contributed by atoms with Crippen LogP contribution in [0.25, 0.3) is 30.5 Å². The summed E-state index contributed by atoms with van der Waals surface area (Å²) in [7, 11) is 0. The van der Waals surface area contributed by atoms with Crippen molar-refractivity contribution in [2.45, 2.75) is 6.42 Å². The van der Waals surface area contributed by atoms with Crippen molar-refractivity contribution in [2.75, 3.05) is 0 Å². The Kier molecular flexibility index (Phi) is 3.26. The summed E-state index contributed by atoms with van der Waals surface area (Å²) in [5.74, 6) is 0.